The predicted molar refractivity (Wildman–Crippen MR) is 92.8 cm³/mol. The number of nitrogens with zero attached hydrogens (tertiary/aromatic N) is 1. The first-order valence-electron chi connectivity index (χ1n) is 6.98. The third-order valence-corrected chi connectivity index (χ3v) is 5.16. The molecule has 0 unspecified atom stereocenters. The molecule has 7 heteroatoms. The quantitative estimate of drug-likeness (QED) is 0.484. The fourth-order valence-electron chi connectivity index (χ4n) is 2.19. The SMILES string of the molecule is COC(=O)CN(Cc1ccc(F)cc1[CH]=[Ru]([Cl])[Cl])c1ccccc1. The minimum atomic E-state index is -2.10. The van der Waals surface area contributed by atoms with Gasteiger partial charge in [-0.25, -0.2) is 0 Å². The second kappa shape index (κ2) is 9.26. The Bertz CT molecular complexity index is 737. The molecule has 0 saturated heterocycles. The van der Waals surface area contributed by atoms with Gasteiger partial charge in [-0.15, -0.1) is 0 Å². The molecular weight excluding hydrogens is 441 g/mol. The molecule has 0 spiro atoms. The van der Waals surface area contributed by atoms with Crippen LogP contribution in [0.5, 0.6) is 0 Å². The van der Waals surface area contributed by atoms with Crippen LogP contribution < -0.4 is 4.90 Å². The van der Waals surface area contributed by atoms with Gasteiger partial charge in [0.15, 0.2) is 0 Å². The van der Waals surface area contributed by atoms with Gasteiger partial charge < -0.3 is 0 Å². The van der Waals surface area contributed by atoms with Crippen molar-refractivity contribution in [3.8, 4) is 0 Å². The van der Waals surface area contributed by atoms with Gasteiger partial charge in [-0.1, -0.05) is 0 Å². The van der Waals surface area contributed by atoms with Crippen LogP contribution in [0.3, 0.4) is 0 Å². The zero-order chi connectivity index (χ0) is 17.5. The van der Waals surface area contributed by atoms with Gasteiger partial charge in [-0.05, 0) is 0 Å². The molecule has 3 nitrogen and oxygen atoms in total. The summed E-state index contributed by atoms with van der Waals surface area (Å²) in [6.45, 7) is 0.487. The monoisotopic (exact) mass is 457 g/mol. The summed E-state index contributed by atoms with van der Waals surface area (Å²) in [5.41, 5.74) is 2.36. The summed E-state index contributed by atoms with van der Waals surface area (Å²) >= 11 is -2.10. The molecule has 24 heavy (non-hydrogen) atoms. The summed E-state index contributed by atoms with van der Waals surface area (Å²) in [6.07, 6.45) is 0. The van der Waals surface area contributed by atoms with Crippen LogP contribution >= 0.6 is 19.4 Å². The summed E-state index contributed by atoms with van der Waals surface area (Å²) < 4.78 is 20.0. The fraction of sp³-hybridized carbons (Fsp3) is 0.176. The molecule has 2 rings (SSSR count). The van der Waals surface area contributed by atoms with Crippen LogP contribution in [-0.2, 0) is 29.6 Å². The van der Waals surface area contributed by atoms with Crippen molar-refractivity contribution in [1.29, 1.82) is 0 Å². The first-order chi connectivity index (χ1) is 11.5. The normalized spacial score (nSPS) is 10.9. The van der Waals surface area contributed by atoms with Crippen LogP contribution in [0.2, 0.25) is 0 Å². The van der Waals surface area contributed by atoms with E-state index in [1.165, 1.54) is 19.2 Å². The van der Waals surface area contributed by atoms with Gasteiger partial charge in [0, 0.05) is 0 Å². The molecule has 2 aromatic carbocycles. The Morgan fingerprint density at radius 3 is 2.58 bits per heavy atom. The van der Waals surface area contributed by atoms with Crippen LogP contribution in [0, 0.1) is 5.82 Å². The van der Waals surface area contributed by atoms with Crippen LogP contribution in [0.15, 0.2) is 48.5 Å². The molecule has 2 aromatic rings. The van der Waals surface area contributed by atoms with Crippen molar-refractivity contribution in [3.63, 3.8) is 0 Å². The number of para-hydroxylation sites is 1. The molecule has 0 saturated carbocycles. The average Bonchev–Trinajstić information content (AvgIpc) is 2.56. The Hall–Kier alpha value is -1.29. The Labute approximate surface area is 153 Å². The maximum absolute atomic E-state index is 13.5. The summed E-state index contributed by atoms with van der Waals surface area (Å²) in [4.78, 5) is 13.6. The Balaban J connectivity index is 2.36. The third kappa shape index (κ3) is 5.66. The second-order valence-corrected chi connectivity index (χ2v) is 10.6. The number of rotatable bonds is 6. The number of carbonyl (C=O) groups excluding carboxylic acids is 1. The molecule has 0 N–H and O–H groups in total. The van der Waals surface area contributed by atoms with Gasteiger partial charge >= 0.3 is 154 Å². The Morgan fingerprint density at radius 1 is 1.25 bits per heavy atom. The minimum absolute atomic E-state index is 0.0836. The molecule has 0 atom stereocenters. The zero-order valence-electron chi connectivity index (χ0n) is 12.9. The molecular formula is C17H16Cl2FNO2Ru. The molecule has 0 radical (unpaired) electrons. The molecule has 130 valence electrons. The van der Waals surface area contributed by atoms with E-state index in [1.54, 1.807) is 10.7 Å². The molecule has 0 amide bonds. The number of carbonyl (C=O) groups is 1. The van der Waals surface area contributed by atoms with Gasteiger partial charge in [-0.3, -0.25) is 0 Å². The van der Waals surface area contributed by atoms with E-state index in [4.69, 9.17) is 24.1 Å². The molecule has 0 bridgehead atoms. The van der Waals surface area contributed by atoms with Crippen molar-refractivity contribution < 1.29 is 27.4 Å². The van der Waals surface area contributed by atoms with E-state index in [1.807, 2.05) is 35.2 Å². The summed E-state index contributed by atoms with van der Waals surface area (Å²) in [6, 6.07) is 13.9. The number of anilines is 1. The van der Waals surface area contributed by atoms with Crippen molar-refractivity contribution in [2.45, 2.75) is 6.54 Å². The second-order valence-electron chi connectivity index (χ2n) is 4.92. The number of esters is 1. The van der Waals surface area contributed by atoms with Crippen molar-refractivity contribution in [3.05, 3.63) is 65.5 Å². The van der Waals surface area contributed by atoms with Crippen LogP contribution in [0.25, 0.3) is 0 Å². The van der Waals surface area contributed by atoms with Gasteiger partial charge in [0.25, 0.3) is 0 Å². The number of benzene rings is 2. The average molecular weight is 457 g/mol. The van der Waals surface area contributed by atoms with Crippen molar-refractivity contribution in [2.24, 2.45) is 0 Å². The molecule has 0 heterocycles. The van der Waals surface area contributed by atoms with Crippen molar-refractivity contribution in [2.75, 3.05) is 18.6 Å². The zero-order valence-corrected chi connectivity index (χ0v) is 16.1. The molecule has 0 aliphatic heterocycles. The van der Waals surface area contributed by atoms with E-state index >= 15 is 0 Å². The number of hydrogen-bond acceptors (Lipinski definition) is 3. The maximum atomic E-state index is 13.5. The van der Waals surface area contributed by atoms with Crippen LogP contribution in [-0.4, -0.2) is 24.2 Å². The number of ether oxygens (including phenoxy) is 1. The summed E-state index contributed by atoms with van der Waals surface area (Å²) in [5.74, 6) is -0.707. The fourth-order valence-corrected chi connectivity index (χ4v) is 4.05. The van der Waals surface area contributed by atoms with E-state index in [9.17, 15) is 9.18 Å². The van der Waals surface area contributed by atoms with E-state index in [-0.39, 0.29) is 18.3 Å². The number of halogens is 3. The Morgan fingerprint density at radius 2 is 1.96 bits per heavy atom. The molecule has 0 fully saturated rings. The molecule has 0 aliphatic carbocycles. The van der Waals surface area contributed by atoms with E-state index in [0.29, 0.717) is 12.1 Å². The first-order valence-corrected chi connectivity index (χ1v) is 12.5. The van der Waals surface area contributed by atoms with Crippen molar-refractivity contribution in [1.82, 2.24) is 0 Å². The Kier molecular flexibility index (Phi) is 7.35. The van der Waals surface area contributed by atoms with Gasteiger partial charge in [0.1, 0.15) is 0 Å². The molecule has 0 aliphatic rings. The van der Waals surface area contributed by atoms with Crippen LogP contribution in [0.4, 0.5) is 10.1 Å². The van der Waals surface area contributed by atoms with Gasteiger partial charge in [0.05, 0.1) is 0 Å². The molecule has 0 aromatic heterocycles. The standard InChI is InChI=1S/C17H16FNO2.2ClH.Ru/c1-13-10-15(18)9-8-14(13)11-19(12-17(20)21-2)16-6-4-3-5-7-16;;;/h1,3-10H,11-12H2,2H3;2*1H;/q;;;+2/p-2. The topological polar surface area (TPSA) is 29.5 Å². The van der Waals surface area contributed by atoms with E-state index in [0.717, 1.165) is 11.3 Å². The van der Waals surface area contributed by atoms with E-state index in [2.05, 4.69) is 0 Å². The van der Waals surface area contributed by atoms with Gasteiger partial charge in [0.2, 0.25) is 0 Å². The number of methoxy groups -OCH3 is 1. The van der Waals surface area contributed by atoms with E-state index < -0.39 is 13.5 Å². The first kappa shape index (κ1) is 19.0. The van der Waals surface area contributed by atoms with Crippen molar-refractivity contribution >= 4 is 35.6 Å². The summed E-state index contributed by atoms with van der Waals surface area (Å²) in [5, 5.41) is 0. The van der Waals surface area contributed by atoms with Crippen LogP contribution in [0.1, 0.15) is 11.1 Å². The third-order valence-electron chi connectivity index (χ3n) is 3.33. The number of hydrogen-bond donors (Lipinski definition) is 0. The summed E-state index contributed by atoms with van der Waals surface area (Å²) in [7, 11) is 13.2. The predicted octanol–water partition coefficient (Wildman–Crippen LogP) is 4.08. The van der Waals surface area contributed by atoms with Gasteiger partial charge in [-0.2, -0.15) is 0 Å².